The highest BCUT2D eigenvalue weighted by atomic mass is 19.4. The first-order valence-corrected chi connectivity index (χ1v) is 9.04. The van der Waals surface area contributed by atoms with E-state index in [0.717, 1.165) is 23.7 Å². The number of aliphatic hydroxyl groups is 2. The Morgan fingerprint density at radius 2 is 2.03 bits per heavy atom. The van der Waals surface area contributed by atoms with Crippen LogP contribution < -0.4 is 10.2 Å². The van der Waals surface area contributed by atoms with Gasteiger partial charge in [0.25, 0.3) is 5.91 Å². The van der Waals surface area contributed by atoms with Crippen LogP contribution >= 0.6 is 0 Å². The number of amides is 1. The fourth-order valence-corrected chi connectivity index (χ4v) is 3.32. The van der Waals surface area contributed by atoms with E-state index in [2.05, 4.69) is 5.32 Å². The zero-order valence-corrected chi connectivity index (χ0v) is 15.7. The molecule has 0 saturated carbocycles. The lowest BCUT2D eigenvalue weighted by Gasteiger charge is -2.24. The number of aryl methyl sites for hydroxylation is 1. The second-order valence-corrected chi connectivity index (χ2v) is 6.85. The van der Waals surface area contributed by atoms with Gasteiger partial charge < -0.3 is 20.4 Å². The summed E-state index contributed by atoms with van der Waals surface area (Å²) in [5, 5.41) is 21.9. The van der Waals surface area contributed by atoms with Gasteiger partial charge in [0.15, 0.2) is 0 Å². The van der Waals surface area contributed by atoms with Crippen LogP contribution in [0.2, 0.25) is 0 Å². The SMILES string of the molecule is Cc1cc(/C=C/C(F)(F)F)ccc1C(=O)Nc1ccc2c(c1)N(C(O)CO)CC2. The van der Waals surface area contributed by atoms with E-state index in [4.69, 9.17) is 0 Å². The summed E-state index contributed by atoms with van der Waals surface area (Å²) in [7, 11) is 0. The standard InChI is InChI=1S/C21H21F3N2O3/c1-13-10-14(6-8-21(22,23)24)2-5-17(13)20(29)25-16-4-3-15-7-9-26(18(15)11-16)19(28)12-27/h2-6,8,10-11,19,27-28H,7,9,12H2,1H3,(H,25,29)/b8-6+. The van der Waals surface area contributed by atoms with E-state index in [1.165, 1.54) is 18.2 Å². The third-order valence-corrected chi connectivity index (χ3v) is 4.76. The summed E-state index contributed by atoms with van der Waals surface area (Å²) in [6.45, 7) is 1.83. The van der Waals surface area contributed by atoms with Gasteiger partial charge in [-0.25, -0.2) is 0 Å². The van der Waals surface area contributed by atoms with Crippen LogP contribution in [0.25, 0.3) is 6.08 Å². The number of hydrogen-bond acceptors (Lipinski definition) is 4. The lowest BCUT2D eigenvalue weighted by Crippen LogP contribution is -2.36. The molecule has 1 aliphatic heterocycles. The molecule has 154 valence electrons. The molecule has 3 N–H and O–H groups in total. The van der Waals surface area contributed by atoms with E-state index in [1.54, 1.807) is 24.0 Å². The number of carbonyl (C=O) groups is 1. The van der Waals surface area contributed by atoms with E-state index >= 15 is 0 Å². The number of benzene rings is 2. The van der Waals surface area contributed by atoms with E-state index < -0.39 is 19.0 Å². The molecule has 1 heterocycles. The number of alkyl halides is 3. The summed E-state index contributed by atoms with van der Waals surface area (Å²) in [4.78, 5) is 14.3. The number of halogens is 3. The van der Waals surface area contributed by atoms with Crippen molar-refractivity contribution in [1.29, 1.82) is 0 Å². The molecule has 0 bridgehead atoms. The van der Waals surface area contributed by atoms with Crippen molar-refractivity contribution < 1.29 is 28.2 Å². The monoisotopic (exact) mass is 406 g/mol. The molecule has 0 spiro atoms. The Labute approximate surface area is 166 Å². The highest BCUT2D eigenvalue weighted by molar-refractivity contribution is 6.05. The van der Waals surface area contributed by atoms with Gasteiger partial charge in [-0.05, 0) is 48.2 Å². The molecule has 1 aliphatic rings. The molecule has 2 aromatic rings. The Hall–Kier alpha value is -2.84. The molecular weight excluding hydrogens is 385 g/mol. The van der Waals surface area contributed by atoms with Gasteiger partial charge in [0.05, 0.1) is 6.61 Å². The van der Waals surface area contributed by atoms with Gasteiger partial charge in [-0.2, -0.15) is 13.2 Å². The van der Waals surface area contributed by atoms with Crippen molar-refractivity contribution in [3.8, 4) is 0 Å². The second kappa shape index (κ2) is 8.26. The van der Waals surface area contributed by atoms with Gasteiger partial charge >= 0.3 is 6.18 Å². The van der Waals surface area contributed by atoms with E-state index in [1.807, 2.05) is 6.07 Å². The minimum atomic E-state index is -4.39. The maximum atomic E-state index is 12.6. The summed E-state index contributed by atoms with van der Waals surface area (Å²) < 4.78 is 36.9. The predicted molar refractivity (Wildman–Crippen MR) is 105 cm³/mol. The van der Waals surface area contributed by atoms with Gasteiger partial charge in [-0.15, -0.1) is 0 Å². The molecule has 0 aromatic heterocycles. The number of fused-ring (bicyclic) bond motifs is 1. The fourth-order valence-electron chi connectivity index (χ4n) is 3.32. The van der Waals surface area contributed by atoms with Crippen LogP contribution in [0.5, 0.6) is 0 Å². The molecule has 0 aliphatic carbocycles. The minimum Gasteiger partial charge on any atom is -0.392 e. The molecule has 0 saturated heterocycles. The molecule has 1 atom stereocenters. The van der Waals surface area contributed by atoms with Crippen LogP contribution in [0.3, 0.4) is 0 Å². The van der Waals surface area contributed by atoms with Crippen LogP contribution in [0.15, 0.2) is 42.5 Å². The number of anilines is 2. The first kappa shape index (κ1) is 20.9. The van der Waals surface area contributed by atoms with Crippen molar-refractivity contribution in [3.05, 3.63) is 64.7 Å². The number of rotatable bonds is 5. The molecule has 0 radical (unpaired) electrons. The Kier molecular flexibility index (Phi) is 5.95. The number of aliphatic hydroxyl groups excluding tert-OH is 2. The first-order chi connectivity index (χ1) is 13.7. The first-order valence-electron chi connectivity index (χ1n) is 9.04. The van der Waals surface area contributed by atoms with Gasteiger partial charge in [0, 0.05) is 29.6 Å². The van der Waals surface area contributed by atoms with Gasteiger partial charge in [-0.1, -0.05) is 24.3 Å². The summed E-state index contributed by atoms with van der Waals surface area (Å²) in [5.74, 6) is -0.388. The number of nitrogens with one attached hydrogen (secondary N) is 1. The van der Waals surface area contributed by atoms with Crippen LogP contribution in [-0.4, -0.2) is 41.7 Å². The predicted octanol–water partition coefficient (Wildman–Crippen LogP) is 3.50. The maximum absolute atomic E-state index is 12.6. The van der Waals surface area contributed by atoms with Crippen molar-refractivity contribution in [2.45, 2.75) is 25.7 Å². The smallest absolute Gasteiger partial charge is 0.392 e. The third kappa shape index (κ3) is 4.96. The van der Waals surface area contributed by atoms with Crippen LogP contribution in [0.1, 0.15) is 27.0 Å². The molecule has 0 fully saturated rings. The Bertz CT molecular complexity index is 941. The number of allylic oxidation sites excluding steroid dienone is 1. The summed E-state index contributed by atoms with van der Waals surface area (Å²) in [6, 6.07) is 9.78. The van der Waals surface area contributed by atoms with Gasteiger partial charge in [0.1, 0.15) is 6.23 Å². The summed E-state index contributed by atoms with van der Waals surface area (Å²) >= 11 is 0. The molecule has 1 unspecified atom stereocenters. The van der Waals surface area contributed by atoms with Gasteiger partial charge in [-0.3, -0.25) is 4.79 Å². The lowest BCUT2D eigenvalue weighted by atomic mass is 10.0. The summed E-state index contributed by atoms with van der Waals surface area (Å²) in [6.07, 6.45) is -3.57. The zero-order chi connectivity index (χ0) is 21.2. The highest BCUT2D eigenvalue weighted by Crippen LogP contribution is 2.32. The zero-order valence-electron chi connectivity index (χ0n) is 15.7. The second-order valence-electron chi connectivity index (χ2n) is 6.85. The van der Waals surface area contributed by atoms with E-state index in [0.29, 0.717) is 28.9 Å². The molecule has 5 nitrogen and oxygen atoms in total. The molecule has 8 heteroatoms. The topological polar surface area (TPSA) is 72.8 Å². The molecular formula is C21H21F3N2O3. The fraction of sp³-hybridized carbons (Fsp3) is 0.286. The van der Waals surface area contributed by atoms with E-state index in [-0.39, 0.29) is 12.0 Å². The molecule has 2 aromatic carbocycles. The largest absolute Gasteiger partial charge is 0.409 e. The van der Waals surface area contributed by atoms with Crippen LogP contribution in [0, 0.1) is 6.92 Å². The quantitative estimate of drug-likeness (QED) is 0.711. The summed E-state index contributed by atoms with van der Waals surface area (Å²) in [5.41, 5.74) is 3.52. The molecule has 29 heavy (non-hydrogen) atoms. The van der Waals surface area contributed by atoms with Crippen molar-refractivity contribution in [3.63, 3.8) is 0 Å². The lowest BCUT2D eigenvalue weighted by molar-refractivity contribution is -0.0790. The molecule has 3 rings (SSSR count). The average molecular weight is 406 g/mol. The van der Waals surface area contributed by atoms with E-state index in [9.17, 15) is 28.2 Å². The highest BCUT2D eigenvalue weighted by Gasteiger charge is 2.25. The molecule has 1 amide bonds. The van der Waals surface area contributed by atoms with Crippen LogP contribution in [-0.2, 0) is 6.42 Å². The van der Waals surface area contributed by atoms with Crippen molar-refractivity contribution >= 4 is 23.4 Å². The van der Waals surface area contributed by atoms with Crippen molar-refractivity contribution in [1.82, 2.24) is 0 Å². The van der Waals surface area contributed by atoms with Crippen molar-refractivity contribution in [2.75, 3.05) is 23.4 Å². The number of nitrogens with zero attached hydrogens (tertiary/aromatic N) is 1. The third-order valence-electron chi connectivity index (χ3n) is 4.76. The Balaban J connectivity index is 1.77. The minimum absolute atomic E-state index is 0.151. The number of hydrogen-bond donors (Lipinski definition) is 3. The number of carbonyl (C=O) groups excluding carboxylic acids is 1. The Morgan fingerprint density at radius 1 is 1.28 bits per heavy atom. The van der Waals surface area contributed by atoms with Gasteiger partial charge in [0.2, 0.25) is 0 Å². The average Bonchev–Trinajstić information content (AvgIpc) is 3.08. The normalized spacial score (nSPS) is 14.9. The Morgan fingerprint density at radius 3 is 2.69 bits per heavy atom. The maximum Gasteiger partial charge on any atom is 0.409 e. The van der Waals surface area contributed by atoms with Crippen molar-refractivity contribution in [2.24, 2.45) is 0 Å². The van der Waals surface area contributed by atoms with Crippen LogP contribution in [0.4, 0.5) is 24.5 Å².